The van der Waals surface area contributed by atoms with Crippen molar-refractivity contribution in [3.05, 3.63) is 0 Å². The van der Waals surface area contributed by atoms with Crippen LogP contribution in [0.25, 0.3) is 0 Å². The second-order valence-electron chi connectivity index (χ2n) is 0.429. The van der Waals surface area contributed by atoms with Crippen molar-refractivity contribution in [3.8, 4) is 0 Å². The summed E-state index contributed by atoms with van der Waals surface area (Å²) in [5, 5.41) is 0. The van der Waals surface area contributed by atoms with E-state index in [0.717, 1.165) is 0 Å². The van der Waals surface area contributed by atoms with Crippen LogP contribution in [0.4, 0.5) is 0 Å². The van der Waals surface area contributed by atoms with Gasteiger partial charge in [0.15, 0.2) is 0 Å². The fraction of sp³-hybridized carbons (Fsp3) is 0. The molecule has 0 aliphatic rings. The number of rotatable bonds is 0. The molecule has 0 saturated heterocycles. The molecule has 0 fully saturated rings. The molecule has 0 aromatic heterocycles. The number of hydrogen-bond acceptors (Lipinski definition) is 0. The standard InChI is InChI=1S/4HI.5H2O.Pb/h4*1H;5*1H2;/q;;;;;;;;;+4/p-4. The van der Waals surface area contributed by atoms with Crippen LogP contribution in [0.5, 0.6) is 0 Å². The summed E-state index contributed by atoms with van der Waals surface area (Å²) in [4.78, 5) is 0. The summed E-state index contributed by atoms with van der Waals surface area (Å²) in [5.74, 6) is 0. The van der Waals surface area contributed by atoms with Gasteiger partial charge in [-0.2, -0.15) is 0 Å². The molecular formula is H10I4O5Pb. The molecule has 0 aromatic carbocycles. The topological polar surface area (TPSA) is 158 Å². The molecule has 10 N–H and O–H groups in total. The number of halogens is 4. The molecule has 0 spiro atoms. The molecule has 5 nitrogen and oxygen atoms in total. The fourth-order valence-electron chi connectivity index (χ4n) is 0. The van der Waals surface area contributed by atoms with E-state index in [0.29, 0.717) is 0 Å². The number of hydrogen-bond donors (Lipinski definition) is 0. The third-order valence-corrected chi connectivity index (χ3v) is 0. The van der Waals surface area contributed by atoms with Crippen LogP contribution < -0.4 is 0 Å². The van der Waals surface area contributed by atoms with E-state index >= 15 is 0 Å². The molecule has 0 saturated carbocycles. The van der Waals surface area contributed by atoms with Gasteiger partial charge in [-0.05, 0) is 0 Å². The van der Waals surface area contributed by atoms with E-state index in [2.05, 4.69) is 71.0 Å². The van der Waals surface area contributed by atoms with Gasteiger partial charge in [0, 0.05) is 0 Å². The van der Waals surface area contributed by atoms with Crippen LogP contribution >= 0.6 is 71.0 Å². The zero-order valence-electron chi connectivity index (χ0n) is 4.51. The predicted molar refractivity (Wildman–Crippen MR) is 79.9 cm³/mol. The summed E-state index contributed by atoms with van der Waals surface area (Å²) in [6, 6.07) is 0. The first-order valence-corrected chi connectivity index (χ1v) is 44.5. The van der Waals surface area contributed by atoms with Gasteiger partial charge < -0.3 is 27.4 Å². The van der Waals surface area contributed by atoms with Crippen LogP contribution in [0, 0.1) is 0 Å². The van der Waals surface area contributed by atoms with Crippen molar-refractivity contribution >= 4 is 75.0 Å². The summed E-state index contributed by atoms with van der Waals surface area (Å²) in [6.45, 7) is 0. The Labute approximate surface area is 99.5 Å². The molecule has 0 heterocycles. The van der Waals surface area contributed by atoms with Crippen molar-refractivity contribution in [1.29, 1.82) is 0 Å². The van der Waals surface area contributed by atoms with Crippen molar-refractivity contribution in [2.24, 2.45) is 0 Å². The molecule has 0 aliphatic heterocycles. The van der Waals surface area contributed by atoms with Gasteiger partial charge in [0.2, 0.25) is 0 Å². The van der Waals surface area contributed by atoms with Crippen LogP contribution in [0.1, 0.15) is 0 Å². The van der Waals surface area contributed by atoms with E-state index in [1.54, 1.807) is 0 Å². The van der Waals surface area contributed by atoms with E-state index in [1.165, 1.54) is 0 Å². The van der Waals surface area contributed by atoms with Gasteiger partial charge >= 0.3 is 75.0 Å². The van der Waals surface area contributed by atoms with E-state index < -0.39 is 4.00 Å². The van der Waals surface area contributed by atoms with Crippen molar-refractivity contribution in [2.45, 2.75) is 0 Å². The quantitative estimate of drug-likeness (QED) is 0.219. The Kier molecular flexibility index (Phi) is 68.8. The molecule has 0 unspecified atom stereocenters. The Morgan fingerprint density at radius 1 is 0.500 bits per heavy atom. The summed E-state index contributed by atoms with van der Waals surface area (Å²) < 4.78 is -1.40. The van der Waals surface area contributed by atoms with Gasteiger partial charge in [-0.3, -0.25) is 0 Å². The molecule has 72 valence electrons. The predicted octanol–water partition coefficient (Wildman–Crippen LogP) is -0.962. The Morgan fingerprint density at radius 3 is 0.500 bits per heavy atom. The molecule has 0 amide bonds. The molecule has 10 heteroatoms. The minimum atomic E-state index is -1.40. The summed E-state index contributed by atoms with van der Waals surface area (Å²) >= 11 is 10.2. The van der Waals surface area contributed by atoms with Crippen molar-refractivity contribution in [2.75, 3.05) is 0 Å². The average molecular weight is 805 g/mol. The average Bonchev–Trinajstić information content (AvgIpc) is 0.722. The molecule has 0 rings (SSSR count). The van der Waals surface area contributed by atoms with Gasteiger partial charge in [-0.1, -0.05) is 0 Å². The van der Waals surface area contributed by atoms with Gasteiger partial charge in [0.25, 0.3) is 0 Å². The van der Waals surface area contributed by atoms with E-state index in [-0.39, 0.29) is 27.4 Å². The zero-order valence-corrected chi connectivity index (χ0v) is 17.0. The maximum atomic E-state index is 2.56. The van der Waals surface area contributed by atoms with Crippen LogP contribution in [0.3, 0.4) is 0 Å². The molecule has 0 aromatic rings. The van der Waals surface area contributed by atoms with Gasteiger partial charge in [-0.25, -0.2) is 0 Å². The van der Waals surface area contributed by atoms with Crippen molar-refractivity contribution in [1.82, 2.24) is 0 Å². The molecular weight excluding hydrogens is 795 g/mol. The van der Waals surface area contributed by atoms with E-state index in [1.807, 2.05) is 0 Å². The third-order valence-electron chi connectivity index (χ3n) is 0. The third kappa shape index (κ3) is 99.4. The van der Waals surface area contributed by atoms with E-state index in [9.17, 15) is 0 Å². The van der Waals surface area contributed by atoms with Crippen molar-refractivity contribution in [3.63, 3.8) is 0 Å². The van der Waals surface area contributed by atoms with Crippen LogP contribution in [0.2, 0.25) is 0 Å². The van der Waals surface area contributed by atoms with E-state index in [4.69, 9.17) is 0 Å². The van der Waals surface area contributed by atoms with Gasteiger partial charge in [0.1, 0.15) is 0 Å². The molecule has 10 heavy (non-hydrogen) atoms. The Bertz CT molecular complexity index is 29.1. The Morgan fingerprint density at radius 2 is 0.500 bits per heavy atom. The van der Waals surface area contributed by atoms with Crippen LogP contribution in [0.15, 0.2) is 0 Å². The SMILES string of the molecule is O.O.O.O.O.[I][Pb]([I])([I])[I]. The molecule has 0 radical (unpaired) electrons. The monoisotopic (exact) mass is 806 g/mol. The van der Waals surface area contributed by atoms with Gasteiger partial charge in [-0.15, -0.1) is 0 Å². The summed E-state index contributed by atoms with van der Waals surface area (Å²) in [7, 11) is 0. The van der Waals surface area contributed by atoms with Crippen LogP contribution in [-0.4, -0.2) is 31.4 Å². The van der Waals surface area contributed by atoms with Gasteiger partial charge in [0.05, 0.1) is 0 Å². The minimum absolute atomic E-state index is 0. The molecule has 0 aliphatic carbocycles. The first-order valence-electron chi connectivity index (χ1n) is 0.756. The normalized spacial score (nSPS) is 6.00. The second-order valence-corrected chi connectivity index (χ2v) is 169. The zero-order chi connectivity index (χ0) is 4.50. The maximum absolute atomic E-state index is 2.56. The summed E-state index contributed by atoms with van der Waals surface area (Å²) in [5.41, 5.74) is 0. The van der Waals surface area contributed by atoms with Crippen LogP contribution in [-0.2, 0) is 0 Å². The first-order chi connectivity index (χ1) is 2.00. The Balaban J connectivity index is -0.00000000800. The first kappa shape index (κ1) is 37.3. The molecule has 0 atom stereocenters. The summed E-state index contributed by atoms with van der Waals surface area (Å²) in [6.07, 6.45) is 0. The molecule has 0 bridgehead atoms. The second kappa shape index (κ2) is 18.4. The fourth-order valence-corrected chi connectivity index (χ4v) is 0. The van der Waals surface area contributed by atoms with Crippen molar-refractivity contribution < 1.29 is 27.4 Å². The Hall–Kier alpha value is 3.64.